The molecule has 0 saturated heterocycles. The second-order valence-corrected chi connectivity index (χ2v) is 4.25. The SMILES string of the molecule is O=C(c1ccccc1Cl)c1cc(F)ccc1Cl. The molecule has 0 N–H and O–H groups in total. The lowest BCUT2D eigenvalue weighted by Crippen LogP contribution is -2.03. The summed E-state index contributed by atoms with van der Waals surface area (Å²) < 4.78 is 13.1. The number of hydrogen-bond donors (Lipinski definition) is 0. The van der Waals surface area contributed by atoms with Crippen LogP contribution in [-0.2, 0) is 0 Å². The predicted octanol–water partition coefficient (Wildman–Crippen LogP) is 4.36. The van der Waals surface area contributed by atoms with E-state index in [9.17, 15) is 9.18 Å². The highest BCUT2D eigenvalue weighted by atomic mass is 35.5. The van der Waals surface area contributed by atoms with Crippen LogP contribution in [0.3, 0.4) is 0 Å². The zero-order valence-corrected chi connectivity index (χ0v) is 10.1. The number of ketones is 1. The summed E-state index contributed by atoms with van der Waals surface area (Å²) in [6.45, 7) is 0. The molecule has 0 spiro atoms. The lowest BCUT2D eigenvalue weighted by molar-refractivity contribution is 0.103. The number of rotatable bonds is 2. The molecule has 0 amide bonds. The summed E-state index contributed by atoms with van der Waals surface area (Å²) in [4.78, 5) is 12.1. The van der Waals surface area contributed by atoms with Gasteiger partial charge in [0.25, 0.3) is 0 Å². The van der Waals surface area contributed by atoms with Crippen LogP contribution in [0.25, 0.3) is 0 Å². The molecule has 0 unspecified atom stereocenters. The minimum Gasteiger partial charge on any atom is -0.288 e. The van der Waals surface area contributed by atoms with Crippen molar-refractivity contribution in [2.75, 3.05) is 0 Å². The predicted molar refractivity (Wildman–Crippen MR) is 66.3 cm³/mol. The Morgan fingerprint density at radius 1 is 0.941 bits per heavy atom. The summed E-state index contributed by atoms with van der Waals surface area (Å²) in [6.07, 6.45) is 0. The fourth-order valence-corrected chi connectivity index (χ4v) is 1.89. The van der Waals surface area contributed by atoms with Gasteiger partial charge in [0, 0.05) is 11.1 Å². The summed E-state index contributed by atoms with van der Waals surface area (Å²) >= 11 is 11.8. The second-order valence-electron chi connectivity index (χ2n) is 3.43. The largest absolute Gasteiger partial charge is 0.288 e. The summed E-state index contributed by atoms with van der Waals surface area (Å²) in [5, 5.41) is 0.522. The number of halogens is 3. The van der Waals surface area contributed by atoms with Crippen molar-refractivity contribution in [2.24, 2.45) is 0 Å². The number of hydrogen-bond acceptors (Lipinski definition) is 1. The molecule has 0 bridgehead atoms. The Morgan fingerprint density at radius 3 is 2.29 bits per heavy atom. The van der Waals surface area contributed by atoms with Crippen molar-refractivity contribution in [3.8, 4) is 0 Å². The van der Waals surface area contributed by atoms with Crippen LogP contribution in [-0.4, -0.2) is 5.78 Å². The van der Waals surface area contributed by atoms with Crippen LogP contribution in [0.5, 0.6) is 0 Å². The van der Waals surface area contributed by atoms with Gasteiger partial charge in [0.2, 0.25) is 0 Å². The maximum Gasteiger partial charge on any atom is 0.196 e. The Bertz CT molecular complexity index is 581. The molecule has 2 aromatic carbocycles. The molecule has 0 heterocycles. The molecule has 0 aliphatic heterocycles. The summed E-state index contributed by atoms with van der Waals surface area (Å²) in [7, 11) is 0. The van der Waals surface area contributed by atoms with Crippen molar-refractivity contribution in [2.45, 2.75) is 0 Å². The average Bonchev–Trinajstić information content (AvgIpc) is 2.32. The topological polar surface area (TPSA) is 17.1 Å². The highest BCUT2D eigenvalue weighted by molar-refractivity contribution is 6.38. The van der Waals surface area contributed by atoms with Gasteiger partial charge in [-0.25, -0.2) is 4.39 Å². The van der Waals surface area contributed by atoms with E-state index in [4.69, 9.17) is 23.2 Å². The van der Waals surface area contributed by atoms with E-state index < -0.39 is 5.82 Å². The quantitative estimate of drug-likeness (QED) is 0.740. The number of benzene rings is 2. The second kappa shape index (κ2) is 4.86. The molecule has 0 aromatic heterocycles. The smallest absolute Gasteiger partial charge is 0.196 e. The Hall–Kier alpha value is -1.38. The van der Waals surface area contributed by atoms with Crippen LogP contribution >= 0.6 is 23.2 Å². The average molecular weight is 269 g/mol. The van der Waals surface area contributed by atoms with Gasteiger partial charge in [0.1, 0.15) is 5.82 Å². The zero-order valence-electron chi connectivity index (χ0n) is 8.58. The van der Waals surface area contributed by atoms with Gasteiger partial charge in [0.05, 0.1) is 10.0 Å². The van der Waals surface area contributed by atoms with Gasteiger partial charge < -0.3 is 0 Å². The lowest BCUT2D eigenvalue weighted by Gasteiger charge is -2.05. The van der Waals surface area contributed by atoms with Crippen LogP contribution in [0.15, 0.2) is 42.5 Å². The molecule has 0 fully saturated rings. The van der Waals surface area contributed by atoms with Crippen molar-refractivity contribution in [3.63, 3.8) is 0 Å². The first-order valence-electron chi connectivity index (χ1n) is 4.84. The van der Waals surface area contributed by atoms with E-state index in [0.29, 0.717) is 10.6 Å². The summed E-state index contributed by atoms with van der Waals surface area (Å²) in [5.41, 5.74) is 0.418. The van der Waals surface area contributed by atoms with Crippen LogP contribution < -0.4 is 0 Å². The van der Waals surface area contributed by atoms with E-state index in [2.05, 4.69) is 0 Å². The monoisotopic (exact) mass is 268 g/mol. The van der Waals surface area contributed by atoms with Crippen molar-refractivity contribution in [1.29, 1.82) is 0 Å². The lowest BCUT2D eigenvalue weighted by atomic mass is 10.0. The van der Waals surface area contributed by atoms with Crippen LogP contribution in [0.2, 0.25) is 10.0 Å². The first-order chi connectivity index (χ1) is 8.09. The van der Waals surface area contributed by atoms with Gasteiger partial charge in [-0.15, -0.1) is 0 Å². The van der Waals surface area contributed by atoms with Gasteiger partial charge in [-0.1, -0.05) is 35.3 Å². The molecule has 0 aliphatic carbocycles. The van der Waals surface area contributed by atoms with Gasteiger partial charge in [-0.05, 0) is 30.3 Å². The molecule has 2 rings (SSSR count). The number of carbonyl (C=O) groups is 1. The van der Waals surface area contributed by atoms with Crippen molar-refractivity contribution >= 4 is 29.0 Å². The molecular weight excluding hydrogens is 262 g/mol. The molecule has 0 radical (unpaired) electrons. The maximum atomic E-state index is 13.1. The Kier molecular flexibility index (Phi) is 3.46. The van der Waals surface area contributed by atoms with E-state index in [1.165, 1.54) is 12.1 Å². The van der Waals surface area contributed by atoms with Crippen LogP contribution in [0.1, 0.15) is 15.9 Å². The van der Waals surface area contributed by atoms with E-state index >= 15 is 0 Å². The van der Waals surface area contributed by atoms with Crippen LogP contribution in [0.4, 0.5) is 4.39 Å². The molecule has 4 heteroatoms. The maximum absolute atomic E-state index is 13.1. The molecule has 0 atom stereocenters. The first-order valence-corrected chi connectivity index (χ1v) is 5.59. The normalized spacial score (nSPS) is 10.3. The summed E-state index contributed by atoms with van der Waals surface area (Å²) in [6, 6.07) is 10.2. The van der Waals surface area contributed by atoms with E-state index in [0.717, 1.165) is 6.07 Å². The molecular formula is C13H7Cl2FO. The third kappa shape index (κ3) is 2.48. The minimum atomic E-state index is -0.509. The van der Waals surface area contributed by atoms with Crippen molar-refractivity contribution in [1.82, 2.24) is 0 Å². The highest BCUT2D eigenvalue weighted by Crippen LogP contribution is 2.24. The Morgan fingerprint density at radius 2 is 1.59 bits per heavy atom. The van der Waals surface area contributed by atoms with Gasteiger partial charge in [-0.2, -0.15) is 0 Å². The zero-order chi connectivity index (χ0) is 12.4. The van der Waals surface area contributed by atoms with Gasteiger partial charge in [-0.3, -0.25) is 4.79 Å². The highest BCUT2D eigenvalue weighted by Gasteiger charge is 2.16. The summed E-state index contributed by atoms with van der Waals surface area (Å²) in [5.74, 6) is -0.898. The van der Waals surface area contributed by atoms with Gasteiger partial charge >= 0.3 is 0 Å². The van der Waals surface area contributed by atoms with Crippen molar-refractivity contribution in [3.05, 3.63) is 69.5 Å². The third-order valence-corrected chi connectivity index (χ3v) is 2.95. The first kappa shape index (κ1) is 12.1. The molecule has 17 heavy (non-hydrogen) atoms. The van der Waals surface area contributed by atoms with Crippen LogP contribution in [0, 0.1) is 5.82 Å². The Balaban J connectivity index is 2.51. The van der Waals surface area contributed by atoms with E-state index in [1.54, 1.807) is 24.3 Å². The standard InChI is InChI=1S/C13H7Cl2FO/c14-11-4-2-1-3-9(11)13(17)10-7-8(16)5-6-12(10)15/h1-7H. The molecule has 0 aliphatic rings. The number of carbonyl (C=O) groups excluding carboxylic acids is 1. The van der Waals surface area contributed by atoms with Gasteiger partial charge in [0.15, 0.2) is 5.78 Å². The molecule has 1 nitrogen and oxygen atoms in total. The third-order valence-electron chi connectivity index (χ3n) is 2.29. The minimum absolute atomic E-state index is 0.111. The fraction of sp³-hybridized carbons (Fsp3) is 0. The molecule has 0 saturated carbocycles. The van der Waals surface area contributed by atoms with Crippen molar-refractivity contribution < 1.29 is 9.18 Å². The fourth-order valence-electron chi connectivity index (χ4n) is 1.46. The van der Waals surface area contributed by atoms with E-state index in [-0.39, 0.29) is 16.4 Å². The van der Waals surface area contributed by atoms with E-state index in [1.807, 2.05) is 0 Å². The molecule has 86 valence electrons. The Labute approximate surface area is 108 Å². The molecule has 2 aromatic rings.